The fraction of sp³-hybridized carbons (Fsp3) is 0.381. The number of rotatable bonds is 4. The molecule has 0 aliphatic carbocycles. The number of para-hydroxylation sites is 2. The average molecular weight is 387 g/mol. The summed E-state index contributed by atoms with van der Waals surface area (Å²) >= 11 is 0. The number of carbonyl (C=O) groups excluding carboxylic acids is 1. The maximum absolute atomic E-state index is 13.3. The van der Waals surface area contributed by atoms with Gasteiger partial charge in [-0.15, -0.1) is 0 Å². The summed E-state index contributed by atoms with van der Waals surface area (Å²) in [6.07, 6.45) is 0.379. The molecule has 7 heteroatoms. The van der Waals surface area contributed by atoms with Gasteiger partial charge in [-0.3, -0.25) is 0 Å². The Morgan fingerprint density at radius 3 is 2.46 bits per heavy atom. The van der Waals surface area contributed by atoms with Crippen LogP contribution in [0.3, 0.4) is 0 Å². The molecule has 0 spiro atoms. The molecule has 1 fully saturated rings. The Labute approximate surface area is 162 Å². The number of hydrogen-bond donors (Lipinski definition) is 0. The summed E-state index contributed by atoms with van der Waals surface area (Å²) in [7, 11) is 1.37. The monoisotopic (exact) mass is 387 g/mol. The molecular formula is C21H22FNO5. The minimum atomic E-state index is -0.820. The first-order chi connectivity index (χ1) is 13.6. The zero-order chi connectivity index (χ0) is 19.5. The quantitative estimate of drug-likeness (QED) is 0.799. The first-order valence-electron chi connectivity index (χ1n) is 9.26. The number of amides is 1. The molecule has 0 unspecified atom stereocenters. The summed E-state index contributed by atoms with van der Waals surface area (Å²) in [5, 5.41) is 0. The van der Waals surface area contributed by atoms with Gasteiger partial charge in [0.2, 0.25) is 0 Å². The van der Waals surface area contributed by atoms with Crippen molar-refractivity contribution in [1.82, 2.24) is 4.90 Å². The van der Waals surface area contributed by atoms with Crippen LogP contribution in [0.25, 0.3) is 0 Å². The summed E-state index contributed by atoms with van der Waals surface area (Å²) in [6, 6.07) is 13.9. The van der Waals surface area contributed by atoms with Gasteiger partial charge in [0, 0.05) is 19.0 Å². The number of likely N-dealkylation sites (tertiary alicyclic amines) is 1. The molecule has 2 aromatic rings. The molecule has 2 atom stereocenters. The van der Waals surface area contributed by atoms with Gasteiger partial charge in [-0.05, 0) is 42.2 Å². The van der Waals surface area contributed by atoms with Crippen LogP contribution in [0.1, 0.15) is 17.9 Å². The number of hydrogen-bond acceptors (Lipinski definition) is 5. The lowest BCUT2D eigenvalue weighted by atomic mass is 9.81. The molecule has 2 aliphatic heterocycles. The topological polar surface area (TPSA) is 57.2 Å². The van der Waals surface area contributed by atoms with E-state index in [1.54, 1.807) is 17.0 Å². The molecule has 148 valence electrons. The third-order valence-electron chi connectivity index (χ3n) is 5.21. The van der Waals surface area contributed by atoms with E-state index in [1.165, 1.54) is 19.2 Å². The van der Waals surface area contributed by atoms with Crippen LogP contribution in [-0.4, -0.2) is 44.3 Å². The Morgan fingerprint density at radius 2 is 1.82 bits per heavy atom. The van der Waals surface area contributed by atoms with Crippen LogP contribution < -0.4 is 9.47 Å². The van der Waals surface area contributed by atoms with Crippen molar-refractivity contribution in [3.05, 3.63) is 59.9 Å². The van der Waals surface area contributed by atoms with Gasteiger partial charge in [0.1, 0.15) is 5.82 Å². The van der Waals surface area contributed by atoms with Crippen molar-refractivity contribution in [2.75, 3.05) is 26.8 Å². The lowest BCUT2D eigenvalue weighted by Gasteiger charge is -2.38. The average Bonchev–Trinajstić information content (AvgIpc) is 3.15. The Morgan fingerprint density at radius 1 is 1.14 bits per heavy atom. The van der Waals surface area contributed by atoms with E-state index < -0.39 is 6.48 Å². The van der Waals surface area contributed by atoms with E-state index in [0.717, 1.165) is 12.0 Å². The van der Waals surface area contributed by atoms with Crippen LogP contribution in [0.2, 0.25) is 0 Å². The third-order valence-corrected chi connectivity index (χ3v) is 5.21. The van der Waals surface area contributed by atoms with Crippen LogP contribution in [0, 0.1) is 11.7 Å². The Bertz CT molecular complexity index is 803. The molecular weight excluding hydrogens is 365 g/mol. The summed E-state index contributed by atoms with van der Waals surface area (Å²) in [4.78, 5) is 13.6. The third kappa shape index (κ3) is 3.89. The van der Waals surface area contributed by atoms with Crippen LogP contribution in [0.15, 0.2) is 48.5 Å². The number of methoxy groups -OCH3 is 1. The van der Waals surface area contributed by atoms with Crippen LogP contribution in [0.5, 0.6) is 11.5 Å². The molecule has 1 amide bonds. The van der Waals surface area contributed by atoms with E-state index in [9.17, 15) is 9.18 Å². The van der Waals surface area contributed by atoms with Gasteiger partial charge in [-0.1, -0.05) is 24.3 Å². The number of carbonyl (C=O) groups is 1. The van der Waals surface area contributed by atoms with Crippen molar-refractivity contribution in [3.63, 3.8) is 0 Å². The zero-order valence-corrected chi connectivity index (χ0v) is 15.5. The van der Waals surface area contributed by atoms with Crippen molar-refractivity contribution in [2.45, 2.75) is 18.8 Å². The Balaban J connectivity index is 1.45. The van der Waals surface area contributed by atoms with Gasteiger partial charge < -0.3 is 23.8 Å². The number of benzene rings is 2. The van der Waals surface area contributed by atoms with Crippen molar-refractivity contribution in [2.24, 2.45) is 5.92 Å². The molecule has 2 aliphatic rings. The second-order valence-corrected chi connectivity index (χ2v) is 6.93. The van der Waals surface area contributed by atoms with Gasteiger partial charge in [-0.25, -0.2) is 9.18 Å². The molecule has 0 radical (unpaired) electrons. The minimum Gasteiger partial charge on any atom is -0.453 e. The minimum absolute atomic E-state index is 0.00535. The molecule has 1 saturated heterocycles. The van der Waals surface area contributed by atoms with Crippen molar-refractivity contribution in [1.29, 1.82) is 0 Å². The first-order valence-corrected chi connectivity index (χ1v) is 9.26. The summed E-state index contributed by atoms with van der Waals surface area (Å²) < 4.78 is 35.3. The molecule has 6 nitrogen and oxygen atoms in total. The zero-order valence-electron chi connectivity index (χ0n) is 15.5. The maximum Gasteiger partial charge on any atom is 0.409 e. The number of ether oxygens (including phenoxy) is 4. The molecule has 2 heterocycles. The summed E-state index contributed by atoms with van der Waals surface area (Å²) in [6.45, 7) is 0.565. The number of nitrogens with zero attached hydrogens (tertiary/aromatic N) is 1. The van der Waals surface area contributed by atoms with E-state index in [-0.39, 0.29) is 23.7 Å². The molecule has 2 aromatic carbocycles. The van der Waals surface area contributed by atoms with E-state index in [4.69, 9.17) is 18.9 Å². The normalized spacial score (nSPS) is 21.6. The standard InChI is InChI=1S/C21H22FNO5/c1-25-20(24)23-11-10-17(14-6-8-16(22)9-7-14)15(12-23)13-26-21-27-18-4-2-3-5-19(18)28-21/h2-9,15,17,21H,10-13H2,1H3/t15-,17-/m0/s1. The molecule has 0 N–H and O–H groups in total. The maximum atomic E-state index is 13.3. The summed E-state index contributed by atoms with van der Waals surface area (Å²) in [5.74, 6) is 1.14. The number of fused-ring (bicyclic) bond motifs is 1. The van der Waals surface area contributed by atoms with Crippen LogP contribution in [-0.2, 0) is 9.47 Å². The Kier molecular flexibility index (Phi) is 5.34. The predicted octanol–water partition coefficient (Wildman–Crippen LogP) is 3.77. The number of piperidine rings is 1. The lowest BCUT2D eigenvalue weighted by molar-refractivity contribution is -0.186. The summed E-state index contributed by atoms with van der Waals surface area (Å²) in [5.41, 5.74) is 1.02. The van der Waals surface area contributed by atoms with Gasteiger partial charge in [0.25, 0.3) is 0 Å². The fourth-order valence-electron chi connectivity index (χ4n) is 3.79. The first kappa shape index (κ1) is 18.6. The second-order valence-electron chi connectivity index (χ2n) is 6.93. The molecule has 0 saturated carbocycles. The van der Waals surface area contributed by atoms with Crippen LogP contribution in [0.4, 0.5) is 9.18 Å². The number of halogens is 1. The van der Waals surface area contributed by atoms with Gasteiger partial charge >= 0.3 is 12.6 Å². The van der Waals surface area contributed by atoms with E-state index >= 15 is 0 Å². The van der Waals surface area contributed by atoms with E-state index in [0.29, 0.717) is 31.2 Å². The molecule has 28 heavy (non-hydrogen) atoms. The van der Waals surface area contributed by atoms with Gasteiger partial charge in [0.05, 0.1) is 13.7 Å². The van der Waals surface area contributed by atoms with E-state index in [1.807, 2.05) is 24.3 Å². The van der Waals surface area contributed by atoms with Crippen molar-refractivity contribution in [3.8, 4) is 11.5 Å². The molecule has 0 bridgehead atoms. The van der Waals surface area contributed by atoms with Crippen molar-refractivity contribution >= 4 is 6.09 Å². The predicted molar refractivity (Wildman–Crippen MR) is 98.7 cm³/mol. The highest BCUT2D eigenvalue weighted by Crippen LogP contribution is 2.37. The van der Waals surface area contributed by atoms with E-state index in [2.05, 4.69) is 0 Å². The SMILES string of the molecule is COC(=O)N1CC[C@@H](c2ccc(F)cc2)[C@H](COC2Oc3ccccc3O2)C1. The highest BCUT2D eigenvalue weighted by Gasteiger charge is 2.35. The Hall–Kier alpha value is -2.80. The largest absolute Gasteiger partial charge is 0.453 e. The molecule has 0 aromatic heterocycles. The smallest absolute Gasteiger partial charge is 0.409 e. The van der Waals surface area contributed by atoms with Gasteiger partial charge in [0.15, 0.2) is 11.5 Å². The fourth-order valence-corrected chi connectivity index (χ4v) is 3.79. The lowest BCUT2D eigenvalue weighted by Crippen LogP contribution is -2.45. The van der Waals surface area contributed by atoms with Crippen LogP contribution >= 0.6 is 0 Å². The van der Waals surface area contributed by atoms with Gasteiger partial charge in [-0.2, -0.15) is 0 Å². The second kappa shape index (κ2) is 8.06. The highest BCUT2D eigenvalue weighted by atomic mass is 19.1. The highest BCUT2D eigenvalue weighted by molar-refractivity contribution is 5.67. The van der Waals surface area contributed by atoms with Crippen molar-refractivity contribution < 1.29 is 28.1 Å². The molecule has 4 rings (SSSR count).